The molecule has 0 fully saturated rings. The molecule has 1 heterocycles. The largest absolute Gasteiger partial charge is 0.332 e. The zero-order valence-electron chi connectivity index (χ0n) is 16.1. The Balaban J connectivity index is 1.57. The van der Waals surface area contributed by atoms with Crippen LogP contribution in [0.3, 0.4) is 0 Å². The maximum atomic E-state index is 12.8. The zero-order chi connectivity index (χ0) is 20.2. The maximum Gasteiger partial charge on any atom is 0.258 e. The fraction of sp³-hybridized carbons (Fsp3) is 0.125. The molecule has 0 aliphatic rings. The first-order chi connectivity index (χ1) is 14.2. The van der Waals surface area contributed by atoms with Gasteiger partial charge in [-0.1, -0.05) is 54.6 Å². The van der Waals surface area contributed by atoms with E-state index in [1.165, 1.54) is 0 Å². The number of aromatic nitrogens is 2. The summed E-state index contributed by atoms with van der Waals surface area (Å²) >= 11 is 0. The molecule has 1 amide bonds. The van der Waals surface area contributed by atoms with Gasteiger partial charge in [0, 0.05) is 12.6 Å². The minimum atomic E-state index is -0.194. The van der Waals surface area contributed by atoms with Gasteiger partial charge in [-0.25, -0.2) is 4.98 Å². The standard InChI is InChI=1S/C24H21N3O2/c1-2-27(16-22-25-21-13-6-5-12-20(21)24(29)26-22)23(28)15-14-18-10-7-9-17-8-3-4-11-19(17)18/h3-15H,2,16H2,1H3,(H,25,26,29). The number of para-hydroxylation sites is 1. The maximum absolute atomic E-state index is 12.8. The lowest BCUT2D eigenvalue weighted by molar-refractivity contribution is -0.126. The van der Waals surface area contributed by atoms with Crippen LogP contribution in [0.1, 0.15) is 18.3 Å². The summed E-state index contributed by atoms with van der Waals surface area (Å²) in [5.41, 5.74) is 1.42. The van der Waals surface area contributed by atoms with Crippen LogP contribution in [0.5, 0.6) is 0 Å². The summed E-state index contributed by atoms with van der Waals surface area (Å²) in [5.74, 6) is 0.346. The number of rotatable bonds is 5. The van der Waals surface area contributed by atoms with Crippen molar-refractivity contribution in [2.45, 2.75) is 13.5 Å². The van der Waals surface area contributed by atoms with E-state index >= 15 is 0 Å². The van der Waals surface area contributed by atoms with Gasteiger partial charge in [-0.15, -0.1) is 0 Å². The number of hydrogen-bond donors (Lipinski definition) is 1. The van der Waals surface area contributed by atoms with Gasteiger partial charge in [0.05, 0.1) is 17.4 Å². The van der Waals surface area contributed by atoms with Crippen molar-refractivity contribution >= 4 is 33.7 Å². The van der Waals surface area contributed by atoms with E-state index in [0.717, 1.165) is 16.3 Å². The Hall–Kier alpha value is -3.73. The highest BCUT2D eigenvalue weighted by molar-refractivity contribution is 5.96. The van der Waals surface area contributed by atoms with Crippen LogP contribution in [0.15, 0.2) is 77.6 Å². The van der Waals surface area contributed by atoms with Crippen molar-refractivity contribution in [3.8, 4) is 0 Å². The molecule has 4 aromatic rings. The lowest BCUT2D eigenvalue weighted by atomic mass is 10.0. The van der Waals surface area contributed by atoms with Crippen molar-refractivity contribution in [3.05, 3.63) is 94.5 Å². The summed E-state index contributed by atoms with van der Waals surface area (Å²) < 4.78 is 0. The number of H-pyrrole nitrogens is 1. The average molecular weight is 383 g/mol. The fourth-order valence-corrected chi connectivity index (χ4v) is 3.40. The number of carbonyl (C=O) groups is 1. The minimum absolute atomic E-state index is 0.128. The molecule has 5 heteroatoms. The second-order valence-electron chi connectivity index (χ2n) is 6.78. The third-order valence-electron chi connectivity index (χ3n) is 4.92. The fourth-order valence-electron chi connectivity index (χ4n) is 3.40. The molecule has 0 saturated carbocycles. The van der Waals surface area contributed by atoms with E-state index in [1.54, 1.807) is 29.2 Å². The Morgan fingerprint density at radius 3 is 2.55 bits per heavy atom. The molecule has 3 aromatic carbocycles. The van der Waals surface area contributed by atoms with Gasteiger partial charge in [0.15, 0.2) is 0 Å². The van der Waals surface area contributed by atoms with E-state index in [0.29, 0.717) is 23.3 Å². The van der Waals surface area contributed by atoms with Crippen molar-refractivity contribution in [1.82, 2.24) is 14.9 Å². The van der Waals surface area contributed by atoms with Crippen molar-refractivity contribution < 1.29 is 4.79 Å². The van der Waals surface area contributed by atoms with Gasteiger partial charge in [-0.05, 0) is 41.5 Å². The highest BCUT2D eigenvalue weighted by Crippen LogP contribution is 2.19. The van der Waals surface area contributed by atoms with Gasteiger partial charge in [0.25, 0.3) is 5.56 Å². The van der Waals surface area contributed by atoms with Gasteiger partial charge in [-0.2, -0.15) is 0 Å². The molecule has 0 unspecified atom stereocenters. The van der Waals surface area contributed by atoms with Gasteiger partial charge >= 0.3 is 0 Å². The number of nitrogens with one attached hydrogen (secondary N) is 1. The van der Waals surface area contributed by atoms with E-state index in [9.17, 15) is 9.59 Å². The van der Waals surface area contributed by atoms with Crippen LogP contribution in [0.25, 0.3) is 27.8 Å². The van der Waals surface area contributed by atoms with Gasteiger partial charge in [-0.3, -0.25) is 9.59 Å². The molecule has 0 bridgehead atoms. The van der Waals surface area contributed by atoms with Crippen molar-refractivity contribution in [3.63, 3.8) is 0 Å². The first-order valence-corrected chi connectivity index (χ1v) is 9.58. The summed E-state index contributed by atoms with van der Waals surface area (Å²) in [6.07, 6.45) is 3.41. The Kier molecular flexibility index (Phi) is 5.20. The van der Waals surface area contributed by atoms with Crippen LogP contribution in [-0.2, 0) is 11.3 Å². The van der Waals surface area contributed by atoms with E-state index < -0.39 is 0 Å². The lowest BCUT2D eigenvalue weighted by Crippen LogP contribution is -2.30. The van der Waals surface area contributed by atoms with Gasteiger partial charge in [0.1, 0.15) is 5.82 Å². The Morgan fingerprint density at radius 1 is 1.00 bits per heavy atom. The molecule has 1 aromatic heterocycles. The summed E-state index contributed by atoms with van der Waals surface area (Å²) in [7, 11) is 0. The first-order valence-electron chi connectivity index (χ1n) is 9.58. The Bertz CT molecular complexity index is 1270. The van der Waals surface area contributed by atoms with Crippen LogP contribution < -0.4 is 5.56 Å². The molecule has 0 aliphatic heterocycles. The van der Waals surface area contributed by atoms with Crippen molar-refractivity contribution in [2.24, 2.45) is 0 Å². The molecule has 29 heavy (non-hydrogen) atoms. The average Bonchev–Trinajstić information content (AvgIpc) is 2.76. The monoisotopic (exact) mass is 383 g/mol. The van der Waals surface area contributed by atoms with E-state index in [4.69, 9.17) is 0 Å². The topological polar surface area (TPSA) is 66.1 Å². The number of nitrogens with zero attached hydrogens (tertiary/aromatic N) is 2. The molecule has 0 spiro atoms. The molecule has 0 atom stereocenters. The molecule has 5 nitrogen and oxygen atoms in total. The molecule has 144 valence electrons. The van der Waals surface area contributed by atoms with Crippen molar-refractivity contribution in [1.29, 1.82) is 0 Å². The van der Waals surface area contributed by atoms with E-state index in [1.807, 2.05) is 49.4 Å². The summed E-state index contributed by atoms with van der Waals surface area (Å²) in [4.78, 5) is 33.9. The van der Waals surface area contributed by atoms with Crippen LogP contribution in [0.2, 0.25) is 0 Å². The Morgan fingerprint density at radius 2 is 1.72 bits per heavy atom. The van der Waals surface area contributed by atoms with Crippen LogP contribution in [0, 0.1) is 0 Å². The predicted molar refractivity (Wildman–Crippen MR) is 116 cm³/mol. The minimum Gasteiger partial charge on any atom is -0.332 e. The number of amides is 1. The van der Waals surface area contributed by atoms with E-state index in [-0.39, 0.29) is 18.0 Å². The smallest absolute Gasteiger partial charge is 0.258 e. The second kappa shape index (κ2) is 8.10. The number of likely N-dealkylation sites (N-methyl/N-ethyl adjacent to an activating group) is 1. The van der Waals surface area contributed by atoms with Crippen LogP contribution in [-0.4, -0.2) is 27.3 Å². The number of hydrogen-bond acceptors (Lipinski definition) is 3. The van der Waals surface area contributed by atoms with Gasteiger partial charge in [0.2, 0.25) is 5.91 Å². The normalized spacial score (nSPS) is 11.3. The molecule has 4 rings (SSSR count). The summed E-state index contributed by atoms with van der Waals surface area (Å²) in [6.45, 7) is 2.66. The number of fused-ring (bicyclic) bond motifs is 2. The van der Waals surface area contributed by atoms with Crippen molar-refractivity contribution in [2.75, 3.05) is 6.54 Å². The quantitative estimate of drug-likeness (QED) is 0.527. The van der Waals surface area contributed by atoms with Crippen LogP contribution >= 0.6 is 0 Å². The highest BCUT2D eigenvalue weighted by atomic mass is 16.2. The molecule has 0 radical (unpaired) electrons. The van der Waals surface area contributed by atoms with Crippen LogP contribution in [0.4, 0.5) is 0 Å². The molecular weight excluding hydrogens is 362 g/mol. The zero-order valence-corrected chi connectivity index (χ0v) is 16.1. The summed E-state index contributed by atoms with van der Waals surface area (Å²) in [6, 6.07) is 21.3. The highest BCUT2D eigenvalue weighted by Gasteiger charge is 2.12. The number of carbonyl (C=O) groups excluding carboxylic acids is 1. The third kappa shape index (κ3) is 3.94. The third-order valence-corrected chi connectivity index (χ3v) is 4.92. The van der Waals surface area contributed by atoms with Gasteiger partial charge < -0.3 is 9.88 Å². The summed E-state index contributed by atoms with van der Waals surface area (Å²) in [5, 5.41) is 2.77. The lowest BCUT2D eigenvalue weighted by Gasteiger charge is -2.18. The predicted octanol–water partition coefficient (Wildman–Crippen LogP) is 4.14. The number of benzene rings is 3. The Labute approximate surface area is 168 Å². The van der Waals surface area contributed by atoms with E-state index in [2.05, 4.69) is 22.1 Å². The first kappa shape index (κ1) is 18.6. The molecular formula is C24H21N3O2. The SMILES string of the molecule is CCN(Cc1nc2ccccc2c(=O)[nH]1)C(=O)C=Cc1cccc2ccccc12. The molecule has 0 aliphatic carbocycles. The number of aromatic amines is 1. The molecule has 1 N–H and O–H groups in total. The molecule has 0 saturated heterocycles. The second-order valence-corrected chi connectivity index (χ2v) is 6.78.